The highest BCUT2D eigenvalue weighted by molar-refractivity contribution is 5.20. The second-order valence-electron chi connectivity index (χ2n) is 5.21. The van der Waals surface area contributed by atoms with Crippen LogP contribution in [0.2, 0.25) is 0 Å². The fourth-order valence-corrected chi connectivity index (χ4v) is 2.07. The van der Waals surface area contributed by atoms with Crippen LogP contribution < -0.4 is 5.32 Å². The van der Waals surface area contributed by atoms with E-state index in [2.05, 4.69) is 42.5 Å². The molecular formula is C14H22N4O. The van der Waals surface area contributed by atoms with Gasteiger partial charge in [-0.05, 0) is 40.2 Å². The number of nitrogens with zero attached hydrogens (tertiary/aromatic N) is 3. The predicted molar refractivity (Wildman–Crippen MR) is 74.0 cm³/mol. The molecule has 0 aromatic carbocycles. The highest BCUT2D eigenvalue weighted by atomic mass is 16.5. The summed E-state index contributed by atoms with van der Waals surface area (Å²) in [6.45, 7) is 11.1. The smallest absolute Gasteiger partial charge is 0.138 e. The monoisotopic (exact) mass is 262 g/mol. The molecule has 104 valence electrons. The Balaban J connectivity index is 1.96. The van der Waals surface area contributed by atoms with E-state index in [1.807, 2.05) is 24.7 Å². The van der Waals surface area contributed by atoms with Crippen LogP contribution in [0.25, 0.3) is 0 Å². The largest absolute Gasteiger partial charge is 0.361 e. The first-order valence-corrected chi connectivity index (χ1v) is 6.65. The summed E-state index contributed by atoms with van der Waals surface area (Å²) in [5.41, 5.74) is 3.29. The standard InChI is InChI=1S/C14H22N4O/c1-9-6-16-18(8-9)12(4)10(2)15-7-14-11(3)17-19-13(14)5/h6,8,10,12,15H,7H2,1-5H3/t10-,12-/m0/s1. The first-order valence-electron chi connectivity index (χ1n) is 6.65. The topological polar surface area (TPSA) is 55.9 Å². The molecule has 0 radical (unpaired) electrons. The second-order valence-corrected chi connectivity index (χ2v) is 5.21. The number of hydrogen-bond acceptors (Lipinski definition) is 4. The van der Waals surface area contributed by atoms with Gasteiger partial charge in [0.2, 0.25) is 0 Å². The van der Waals surface area contributed by atoms with Gasteiger partial charge in [0, 0.05) is 24.3 Å². The van der Waals surface area contributed by atoms with E-state index in [0.29, 0.717) is 12.1 Å². The summed E-state index contributed by atoms with van der Waals surface area (Å²) in [6.07, 6.45) is 3.95. The number of rotatable bonds is 5. The molecule has 5 heteroatoms. The number of hydrogen-bond donors (Lipinski definition) is 1. The summed E-state index contributed by atoms with van der Waals surface area (Å²) in [4.78, 5) is 0. The van der Waals surface area contributed by atoms with Crippen molar-refractivity contribution < 1.29 is 4.52 Å². The molecule has 0 bridgehead atoms. The van der Waals surface area contributed by atoms with Crippen LogP contribution in [0.4, 0.5) is 0 Å². The molecule has 19 heavy (non-hydrogen) atoms. The molecule has 0 aliphatic carbocycles. The summed E-state index contributed by atoms with van der Waals surface area (Å²) in [5, 5.41) is 11.8. The van der Waals surface area contributed by atoms with Gasteiger partial charge < -0.3 is 9.84 Å². The minimum atomic E-state index is 0.300. The third-order valence-electron chi connectivity index (χ3n) is 3.65. The zero-order valence-corrected chi connectivity index (χ0v) is 12.3. The maximum Gasteiger partial charge on any atom is 0.138 e. The van der Waals surface area contributed by atoms with Crippen molar-refractivity contribution in [1.29, 1.82) is 0 Å². The Labute approximate surface area is 114 Å². The molecule has 0 spiro atoms. The van der Waals surface area contributed by atoms with E-state index in [0.717, 1.165) is 23.6 Å². The normalized spacial score (nSPS) is 14.6. The zero-order valence-electron chi connectivity index (χ0n) is 12.3. The van der Waals surface area contributed by atoms with Crippen LogP contribution in [-0.2, 0) is 6.54 Å². The van der Waals surface area contributed by atoms with Crippen molar-refractivity contribution in [1.82, 2.24) is 20.3 Å². The molecule has 2 aromatic heterocycles. The lowest BCUT2D eigenvalue weighted by atomic mass is 10.1. The Bertz CT molecular complexity index is 524. The molecule has 0 saturated heterocycles. The van der Waals surface area contributed by atoms with Crippen molar-refractivity contribution >= 4 is 0 Å². The highest BCUT2D eigenvalue weighted by Crippen LogP contribution is 2.15. The van der Waals surface area contributed by atoms with Gasteiger partial charge >= 0.3 is 0 Å². The van der Waals surface area contributed by atoms with Crippen LogP contribution in [-0.4, -0.2) is 21.0 Å². The minimum Gasteiger partial charge on any atom is -0.361 e. The molecule has 0 amide bonds. The minimum absolute atomic E-state index is 0.300. The zero-order chi connectivity index (χ0) is 14.0. The average molecular weight is 262 g/mol. The fraction of sp³-hybridized carbons (Fsp3) is 0.571. The van der Waals surface area contributed by atoms with E-state index >= 15 is 0 Å². The Hall–Kier alpha value is -1.62. The van der Waals surface area contributed by atoms with Crippen molar-refractivity contribution in [3.8, 4) is 0 Å². The van der Waals surface area contributed by atoms with E-state index in [-0.39, 0.29) is 0 Å². The second kappa shape index (κ2) is 5.57. The van der Waals surface area contributed by atoms with Crippen molar-refractivity contribution in [2.75, 3.05) is 0 Å². The quantitative estimate of drug-likeness (QED) is 0.899. The van der Waals surface area contributed by atoms with Gasteiger partial charge in [-0.3, -0.25) is 4.68 Å². The summed E-state index contributed by atoms with van der Waals surface area (Å²) >= 11 is 0. The number of aryl methyl sites for hydroxylation is 3. The predicted octanol–water partition coefficient (Wildman–Crippen LogP) is 2.54. The first-order chi connectivity index (χ1) is 8.99. The fourth-order valence-electron chi connectivity index (χ4n) is 2.07. The van der Waals surface area contributed by atoms with E-state index in [1.54, 1.807) is 0 Å². The molecule has 2 rings (SSSR count). The molecule has 2 heterocycles. The van der Waals surface area contributed by atoms with Crippen LogP contribution >= 0.6 is 0 Å². The van der Waals surface area contributed by atoms with Gasteiger partial charge in [0.15, 0.2) is 0 Å². The van der Waals surface area contributed by atoms with Crippen molar-refractivity contribution in [3.63, 3.8) is 0 Å². The number of nitrogens with one attached hydrogen (secondary N) is 1. The van der Waals surface area contributed by atoms with Gasteiger partial charge in [-0.2, -0.15) is 5.10 Å². The molecule has 1 N–H and O–H groups in total. The summed E-state index contributed by atoms with van der Waals surface area (Å²) in [6, 6.07) is 0.613. The lowest BCUT2D eigenvalue weighted by Gasteiger charge is -2.21. The first kappa shape index (κ1) is 13.8. The van der Waals surface area contributed by atoms with Crippen LogP contribution in [0, 0.1) is 20.8 Å². The maximum absolute atomic E-state index is 5.17. The molecule has 0 fully saturated rings. The molecule has 2 aromatic rings. The lowest BCUT2D eigenvalue weighted by Crippen LogP contribution is -2.33. The van der Waals surface area contributed by atoms with Gasteiger partial charge in [0.1, 0.15) is 5.76 Å². The Kier molecular flexibility index (Phi) is 4.04. The van der Waals surface area contributed by atoms with Crippen molar-refractivity contribution in [2.45, 2.75) is 53.2 Å². The Morgan fingerprint density at radius 1 is 1.32 bits per heavy atom. The van der Waals surface area contributed by atoms with Gasteiger partial charge in [-0.1, -0.05) is 5.16 Å². The van der Waals surface area contributed by atoms with Gasteiger partial charge in [0.25, 0.3) is 0 Å². The molecule has 2 atom stereocenters. The van der Waals surface area contributed by atoms with Crippen LogP contribution in [0.3, 0.4) is 0 Å². The third kappa shape index (κ3) is 3.04. The van der Waals surface area contributed by atoms with Gasteiger partial charge in [-0.25, -0.2) is 0 Å². The van der Waals surface area contributed by atoms with Crippen LogP contribution in [0.5, 0.6) is 0 Å². The highest BCUT2D eigenvalue weighted by Gasteiger charge is 2.16. The lowest BCUT2D eigenvalue weighted by molar-refractivity contribution is 0.362. The van der Waals surface area contributed by atoms with Crippen molar-refractivity contribution in [2.24, 2.45) is 0 Å². The van der Waals surface area contributed by atoms with E-state index in [1.165, 1.54) is 5.56 Å². The Morgan fingerprint density at radius 2 is 2.05 bits per heavy atom. The molecule has 5 nitrogen and oxygen atoms in total. The molecular weight excluding hydrogens is 240 g/mol. The molecule has 0 unspecified atom stereocenters. The van der Waals surface area contributed by atoms with Crippen LogP contribution in [0.1, 0.15) is 42.5 Å². The summed E-state index contributed by atoms with van der Waals surface area (Å²) < 4.78 is 7.17. The van der Waals surface area contributed by atoms with Crippen molar-refractivity contribution in [3.05, 3.63) is 35.0 Å². The summed E-state index contributed by atoms with van der Waals surface area (Å²) in [7, 11) is 0. The third-order valence-corrected chi connectivity index (χ3v) is 3.65. The van der Waals surface area contributed by atoms with E-state index in [9.17, 15) is 0 Å². The molecule has 0 saturated carbocycles. The summed E-state index contributed by atoms with van der Waals surface area (Å²) in [5.74, 6) is 0.889. The average Bonchev–Trinajstić information content (AvgIpc) is 2.93. The van der Waals surface area contributed by atoms with Crippen LogP contribution in [0.15, 0.2) is 16.9 Å². The SMILES string of the molecule is Cc1cnn([C@@H](C)[C@H](C)NCc2c(C)noc2C)c1. The molecule has 0 aliphatic heterocycles. The van der Waals surface area contributed by atoms with E-state index in [4.69, 9.17) is 4.52 Å². The Morgan fingerprint density at radius 3 is 2.58 bits per heavy atom. The maximum atomic E-state index is 5.17. The molecule has 0 aliphatic rings. The van der Waals surface area contributed by atoms with Gasteiger partial charge in [0.05, 0.1) is 17.9 Å². The number of aromatic nitrogens is 3. The van der Waals surface area contributed by atoms with Gasteiger partial charge in [-0.15, -0.1) is 0 Å². The van der Waals surface area contributed by atoms with E-state index < -0.39 is 0 Å².